The smallest absolute Gasteiger partial charge is 0.272 e. The molecule has 1 aliphatic carbocycles. The summed E-state index contributed by atoms with van der Waals surface area (Å²) in [4.78, 5) is 10.2. The predicted molar refractivity (Wildman–Crippen MR) is 84.3 cm³/mol. The number of halogens is 2. The van der Waals surface area contributed by atoms with Crippen molar-refractivity contribution in [2.24, 2.45) is 0 Å². The van der Waals surface area contributed by atoms with Gasteiger partial charge in [-0.25, -0.2) is 0 Å². The summed E-state index contributed by atoms with van der Waals surface area (Å²) >= 11 is 12.1. The highest BCUT2D eigenvalue weighted by molar-refractivity contribution is 6.39. The van der Waals surface area contributed by atoms with Gasteiger partial charge in [-0.2, -0.15) is 0 Å². The second kappa shape index (κ2) is 6.81. The number of anilines is 1. The molecule has 1 aliphatic rings. The van der Waals surface area contributed by atoms with Crippen LogP contribution in [0.5, 0.6) is 0 Å². The number of hydrogen-bond acceptors (Lipinski definition) is 4. The summed E-state index contributed by atoms with van der Waals surface area (Å²) in [5.41, 5.74) is -0.490. The van der Waals surface area contributed by atoms with E-state index in [1.807, 2.05) is 0 Å². The molecule has 0 unspecified atom stereocenters. The van der Waals surface area contributed by atoms with E-state index in [9.17, 15) is 15.2 Å². The first-order chi connectivity index (χ1) is 9.91. The van der Waals surface area contributed by atoms with Crippen molar-refractivity contribution in [3.8, 4) is 0 Å². The van der Waals surface area contributed by atoms with E-state index in [2.05, 4.69) is 5.32 Å². The second-order valence-corrected chi connectivity index (χ2v) is 6.35. The highest BCUT2D eigenvalue weighted by atomic mass is 35.5. The van der Waals surface area contributed by atoms with Crippen LogP contribution in [0.3, 0.4) is 0 Å². The topological polar surface area (TPSA) is 75.4 Å². The Labute approximate surface area is 133 Å². The summed E-state index contributed by atoms with van der Waals surface area (Å²) in [5.74, 6) is 0. The largest absolute Gasteiger partial charge is 0.388 e. The number of rotatable bonds is 4. The van der Waals surface area contributed by atoms with E-state index < -0.39 is 10.5 Å². The van der Waals surface area contributed by atoms with Crippen molar-refractivity contribution in [3.05, 3.63) is 32.3 Å². The Kier molecular flexibility index (Phi) is 5.30. The molecule has 0 heterocycles. The molecule has 7 heteroatoms. The number of benzene rings is 1. The van der Waals surface area contributed by atoms with Crippen LogP contribution >= 0.6 is 23.2 Å². The van der Waals surface area contributed by atoms with Crippen LogP contribution in [0.4, 0.5) is 11.4 Å². The summed E-state index contributed by atoms with van der Waals surface area (Å²) in [6.45, 7) is 0.338. The van der Waals surface area contributed by atoms with Gasteiger partial charge in [0.25, 0.3) is 5.69 Å². The maximum atomic E-state index is 10.7. The van der Waals surface area contributed by atoms with Gasteiger partial charge in [-0.15, -0.1) is 0 Å². The van der Waals surface area contributed by atoms with Crippen LogP contribution in [-0.2, 0) is 0 Å². The van der Waals surface area contributed by atoms with E-state index in [1.54, 1.807) is 0 Å². The molecule has 1 saturated carbocycles. The molecule has 0 aromatic heterocycles. The first-order valence-electron chi connectivity index (χ1n) is 7.01. The molecule has 1 fully saturated rings. The maximum absolute atomic E-state index is 10.7. The van der Waals surface area contributed by atoms with Gasteiger partial charge in [-0.3, -0.25) is 10.1 Å². The normalized spacial score (nSPS) is 18.0. The standard InChI is InChI=1S/C14H18Cl2N2O3/c15-11-7-10(18(20)21)8-12(16)13(11)17-9-14(19)5-3-1-2-4-6-14/h7-8,17,19H,1-6,9H2. The lowest BCUT2D eigenvalue weighted by Crippen LogP contribution is -2.36. The van der Waals surface area contributed by atoms with Crippen LogP contribution in [0.1, 0.15) is 38.5 Å². The van der Waals surface area contributed by atoms with E-state index in [0.29, 0.717) is 12.2 Å². The molecule has 21 heavy (non-hydrogen) atoms. The minimum atomic E-state index is -0.773. The van der Waals surface area contributed by atoms with Gasteiger partial charge in [-0.05, 0) is 12.8 Å². The molecule has 0 saturated heterocycles. The zero-order valence-electron chi connectivity index (χ0n) is 11.6. The Bertz CT molecular complexity index is 506. The summed E-state index contributed by atoms with van der Waals surface area (Å²) in [6.07, 6.45) is 5.76. The maximum Gasteiger partial charge on any atom is 0.272 e. The number of non-ortho nitro benzene ring substituents is 1. The number of nitro benzene ring substituents is 1. The van der Waals surface area contributed by atoms with Crippen LogP contribution in [-0.4, -0.2) is 22.2 Å². The fourth-order valence-electron chi connectivity index (χ4n) is 2.65. The molecule has 0 bridgehead atoms. The zero-order valence-corrected chi connectivity index (χ0v) is 13.1. The van der Waals surface area contributed by atoms with Crippen LogP contribution in [0, 0.1) is 10.1 Å². The molecule has 0 amide bonds. The van der Waals surface area contributed by atoms with E-state index in [-0.39, 0.29) is 15.7 Å². The molecule has 116 valence electrons. The molecule has 0 radical (unpaired) electrons. The molecule has 0 spiro atoms. The van der Waals surface area contributed by atoms with Gasteiger partial charge < -0.3 is 10.4 Å². The first-order valence-corrected chi connectivity index (χ1v) is 7.77. The summed E-state index contributed by atoms with van der Waals surface area (Å²) in [7, 11) is 0. The average Bonchev–Trinajstić information content (AvgIpc) is 2.62. The van der Waals surface area contributed by atoms with Gasteiger partial charge in [0.2, 0.25) is 0 Å². The van der Waals surface area contributed by atoms with Gasteiger partial charge in [0.05, 0.1) is 26.3 Å². The van der Waals surface area contributed by atoms with Gasteiger partial charge in [-0.1, -0.05) is 48.9 Å². The highest BCUT2D eigenvalue weighted by Crippen LogP contribution is 2.36. The monoisotopic (exact) mass is 332 g/mol. The van der Waals surface area contributed by atoms with Crippen molar-refractivity contribution in [2.75, 3.05) is 11.9 Å². The van der Waals surface area contributed by atoms with E-state index >= 15 is 0 Å². The van der Waals surface area contributed by atoms with Crippen LogP contribution in [0.15, 0.2) is 12.1 Å². The molecular formula is C14H18Cl2N2O3. The van der Waals surface area contributed by atoms with E-state index in [0.717, 1.165) is 38.5 Å². The predicted octanol–water partition coefficient (Wildman–Crippen LogP) is 4.40. The Balaban J connectivity index is 2.11. The van der Waals surface area contributed by atoms with Crippen molar-refractivity contribution in [3.63, 3.8) is 0 Å². The highest BCUT2D eigenvalue weighted by Gasteiger charge is 2.28. The Morgan fingerprint density at radius 2 is 1.71 bits per heavy atom. The van der Waals surface area contributed by atoms with E-state index in [1.165, 1.54) is 12.1 Å². The molecule has 0 atom stereocenters. The lowest BCUT2D eigenvalue weighted by Gasteiger charge is -2.27. The average molecular weight is 333 g/mol. The van der Waals surface area contributed by atoms with Crippen molar-refractivity contribution in [1.29, 1.82) is 0 Å². The number of aliphatic hydroxyl groups is 1. The number of nitrogens with zero attached hydrogens (tertiary/aromatic N) is 1. The lowest BCUT2D eigenvalue weighted by atomic mass is 9.94. The molecular weight excluding hydrogens is 315 g/mol. The molecule has 1 aromatic rings. The molecule has 2 rings (SSSR count). The Hall–Kier alpha value is -1.04. The van der Waals surface area contributed by atoms with Crippen molar-refractivity contribution in [1.82, 2.24) is 0 Å². The molecule has 2 N–H and O–H groups in total. The second-order valence-electron chi connectivity index (χ2n) is 5.53. The van der Waals surface area contributed by atoms with Crippen LogP contribution in [0.2, 0.25) is 10.0 Å². The number of nitro groups is 1. The summed E-state index contributed by atoms with van der Waals surface area (Å²) in [6, 6.07) is 2.51. The molecule has 0 aliphatic heterocycles. The zero-order chi connectivity index (χ0) is 15.5. The summed E-state index contributed by atoms with van der Waals surface area (Å²) in [5, 5.41) is 24.7. The van der Waals surface area contributed by atoms with Crippen LogP contribution in [0.25, 0.3) is 0 Å². The molecule has 1 aromatic carbocycles. The minimum Gasteiger partial charge on any atom is -0.388 e. The third kappa shape index (κ3) is 4.22. The van der Waals surface area contributed by atoms with Gasteiger partial charge >= 0.3 is 0 Å². The third-order valence-corrected chi connectivity index (χ3v) is 4.46. The van der Waals surface area contributed by atoms with Crippen LogP contribution < -0.4 is 5.32 Å². The quantitative estimate of drug-likeness (QED) is 0.486. The van der Waals surface area contributed by atoms with Crippen molar-refractivity contribution >= 4 is 34.6 Å². The number of hydrogen-bond donors (Lipinski definition) is 2. The van der Waals surface area contributed by atoms with Gasteiger partial charge in [0.1, 0.15) is 0 Å². The Morgan fingerprint density at radius 3 is 2.19 bits per heavy atom. The fraction of sp³-hybridized carbons (Fsp3) is 0.571. The lowest BCUT2D eigenvalue weighted by molar-refractivity contribution is -0.384. The molecule has 5 nitrogen and oxygen atoms in total. The van der Waals surface area contributed by atoms with E-state index in [4.69, 9.17) is 23.2 Å². The Morgan fingerprint density at radius 1 is 1.19 bits per heavy atom. The van der Waals surface area contributed by atoms with Gasteiger partial charge in [0.15, 0.2) is 0 Å². The third-order valence-electron chi connectivity index (χ3n) is 3.87. The SMILES string of the molecule is O=[N+]([O-])c1cc(Cl)c(NCC2(O)CCCCCC2)c(Cl)c1. The van der Waals surface area contributed by atoms with Crippen molar-refractivity contribution in [2.45, 2.75) is 44.1 Å². The first kappa shape index (κ1) is 16.3. The summed E-state index contributed by atoms with van der Waals surface area (Å²) < 4.78 is 0. The van der Waals surface area contributed by atoms with Gasteiger partial charge in [0, 0.05) is 18.7 Å². The van der Waals surface area contributed by atoms with Crippen molar-refractivity contribution < 1.29 is 10.0 Å². The fourth-order valence-corrected chi connectivity index (χ4v) is 3.26. The minimum absolute atomic E-state index is 0.149. The number of nitrogens with one attached hydrogen (secondary N) is 1.